The molecule has 1 aromatic heterocycles. The number of nitrogens with one attached hydrogen (secondary N) is 3. The Kier molecular flexibility index (Phi) is 3.85. The molecule has 1 atom stereocenters. The quantitative estimate of drug-likeness (QED) is 0.579. The van der Waals surface area contributed by atoms with Crippen LogP contribution in [0.15, 0.2) is 4.79 Å². The molecular weight excluding hydrogens is 302 g/mol. The number of rotatable bonds is 2. The molecule has 1 saturated heterocycles. The van der Waals surface area contributed by atoms with Gasteiger partial charge in [0.25, 0.3) is 11.5 Å². The predicted molar refractivity (Wildman–Crippen MR) is 78.7 cm³/mol. The van der Waals surface area contributed by atoms with E-state index in [2.05, 4.69) is 20.6 Å². The number of fused-ring (bicyclic) bond motifs is 1. The van der Waals surface area contributed by atoms with Gasteiger partial charge in [0.15, 0.2) is 0 Å². The largest absolute Gasteiger partial charge is 0.342 e. The third-order valence-corrected chi connectivity index (χ3v) is 4.06. The summed E-state index contributed by atoms with van der Waals surface area (Å²) in [6, 6.07) is -1.41. The molecule has 23 heavy (non-hydrogen) atoms. The molecule has 2 aliphatic rings. The molecule has 2 aliphatic heterocycles. The van der Waals surface area contributed by atoms with Crippen molar-refractivity contribution in [1.82, 2.24) is 25.5 Å². The van der Waals surface area contributed by atoms with Crippen LogP contribution in [0, 0.1) is 6.92 Å². The van der Waals surface area contributed by atoms with Gasteiger partial charge in [-0.3, -0.25) is 19.7 Å². The van der Waals surface area contributed by atoms with Gasteiger partial charge in [0.2, 0.25) is 5.91 Å². The van der Waals surface area contributed by atoms with Crippen molar-refractivity contribution in [2.24, 2.45) is 0 Å². The standard InChI is InChI=1S/C14H17N5O4/c1-7-15-9-3-5-19(4-2-8(9)12(21)16-7)11(20)6-10-13(22)18-14(23)17-10/h10H,2-6H2,1H3,(H,15,16,21)(H2,17,18,22,23)/t10-/m0/s1. The maximum Gasteiger partial charge on any atom is 0.322 e. The fraction of sp³-hybridized carbons (Fsp3) is 0.500. The highest BCUT2D eigenvalue weighted by atomic mass is 16.2. The number of H-pyrrole nitrogens is 1. The van der Waals surface area contributed by atoms with Gasteiger partial charge in [-0.05, 0) is 13.3 Å². The summed E-state index contributed by atoms with van der Waals surface area (Å²) in [5.74, 6) is -0.164. The number of aromatic nitrogens is 2. The van der Waals surface area contributed by atoms with Crippen LogP contribution in [0.3, 0.4) is 0 Å². The summed E-state index contributed by atoms with van der Waals surface area (Å²) in [5, 5.41) is 4.51. The summed E-state index contributed by atoms with van der Waals surface area (Å²) in [4.78, 5) is 55.5. The van der Waals surface area contributed by atoms with Gasteiger partial charge in [0.1, 0.15) is 11.9 Å². The van der Waals surface area contributed by atoms with Gasteiger partial charge in [-0.2, -0.15) is 0 Å². The minimum Gasteiger partial charge on any atom is -0.342 e. The summed E-state index contributed by atoms with van der Waals surface area (Å²) in [5.41, 5.74) is 1.16. The Bertz CT molecular complexity index is 741. The smallest absolute Gasteiger partial charge is 0.322 e. The lowest BCUT2D eigenvalue weighted by molar-refractivity contribution is -0.133. The lowest BCUT2D eigenvalue weighted by Crippen LogP contribution is -2.40. The van der Waals surface area contributed by atoms with Gasteiger partial charge in [0, 0.05) is 25.1 Å². The number of amides is 4. The summed E-state index contributed by atoms with van der Waals surface area (Å²) in [7, 11) is 0. The van der Waals surface area contributed by atoms with E-state index in [-0.39, 0.29) is 17.9 Å². The van der Waals surface area contributed by atoms with Gasteiger partial charge < -0.3 is 15.2 Å². The van der Waals surface area contributed by atoms with Gasteiger partial charge in [-0.15, -0.1) is 0 Å². The number of aryl methyl sites for hydroxylation is 1. The summed E-state index contributed by atoms with van der Waals surface area (Å²) in [6.45, 7) is 2.54. The minimum absolute atomic E-state index is 0.0866. The Labute approximate surface area is 131 Å². The lowest BCUT2D eigenvalue weighted by Gasteiger charge is -2.21. The highest BCUT2D eigenvalue weighted by molar-refractivity contribution is 6.05. The molecule has 1 aromatic rings. The van der Waals surface area contributed by atoms with Crippen LogP contribution in [0.25, 0.3) is 0 Å². The first-order chi connectivity index (χ1) is 10.9. The minimum atomic E-state index is -0.829. The number of hydrogen-bond acceptors (Lipinski definition) is 5. The van der Waals surface area contributed by atoms with E-state index in [0.717, 1.165) is 0 Å². The molecule has 0 aliphatic carbocycles. The average molecular weight is 319 g/mol. The van der Waals surface area contributed by atoms with Crippen molar-refractivity contribution < 1.29 is 14.4 Å². The number of carbonyl (C=O) groups excluding carboxylic acids is 3. The fourth-order valence-electron chi connectivity index (χ4n) is 2.89. The highest BCUT2D eigenvalue weighted by Crippen LogP contribution is 2.12. The molecule has 4 amide bonds. The van der Waals surface area contributed by atoms with Crippen molar-refractivity contribution in [3.05, 3.63) is 27.4 Å². The Morgan fingerprint density at radius 2 is 2.00 bits per heavy atom. The molecule has 3 N–H and O–H groups in total. The van der Waals surface area contributed by atoms with Gasteiger partial charge in [-0.1, -0.05) is 0 Å². The maximum atomic E-state index is 12.4. The van der Waals surface area contributed by atoms with Crippen molar-refractivity contribution in [3.8, 4) is 0 Å². The van der Waals surface area contributed by atoms with Crippen LogP contribution < -0.4 is 16.2 Å². The molecule has 3 rings (SSSR count). The molecule has 0 aromatic carbocycles. The first-order valence-electron chi connectivity index (χ1n) is 7.42. The van der Waals surface area contributed by atoms with Crippen molar-refractivity contribution in [3.63, 3.8) is 0 Å². The predicted octanol–water partition coefficient (Wildman–Crippen LogP) is -1.40. The molecule has 1 fully saturated rings. The van der Waals surface area contributed by atoms with Crippen LogP contribution in [0.1, 0.15) is 23.5 Å². The molecule has 9 heteroatoms. The Morgan fingerprint density at radius 3 is 2.70 bits per heavy atom. The second-order valence-corrected chi connectivity index (χ2v) is 5.68. The molecule has 0 saturated carbocycles. The van der Waals surface area contributed by atoms with Crippen molar-refractivity contribution >= 4 is 17.8 Å². The molecule has 3 heterocycles. The average Bonchev–Trinajstić information content (AvgIpc) is 2.68. The molecule has 0 radical (unpaired) electrons. The lowest BCUT2D eigenvalue weighted by atomic mass is 10.1. The second kappa shape index (κ2) is 5.82. The summed E-state index contributed by atoms with van der Waals surface area (Å²) in [6.07, 6.45) is 0.832. The number of imide groups is 1. The van der Waals surface area contributed by atoms with Crippen LogP contribution in [0.4, 0.5) is 4.79 Å². The molecule has 0 bridgehead atoms. The maximum absolute atomic E-state index is 12.4. The van der Waals surface area contributed by atoms with E-state index in [9.17, 15) is 19.2 Å². The van der Waals surface area contributed by atoms with Crippen LogP contribution in [0.5, 0.6) is 0 Å². The van der Waals surface area contributed by atoms with Crippen LogP contribution in [-0.2, 0) is 22.4 Å². The van der Waals surface area contributed by atoms with E-state index in [0.29, 0.717) is 43.0 Å². The van der Waals surface area contributed by atoms with Crippen LogP contribution >= 0.6 is 0 Å². The third-order valence-electron chi connectivity index (χ3n) is 4.06. The molecule has 0 spiro atoms. The first-order valence-corrected chi connectivity index (χ1v) is 7.42. The molecule has 9 nitrogen and oxygen atoms in total. The summed E-state index contributed by atoms with van der Waals surface area (Å²) >= 11 is 0. The monoisotopic (exact) mass is 319 g/mol. The molecule has 0 unspecified atom stereocenters. The van der Waals surface area contributed by atoms with E-state index in [4.69, 9.17) is 0 Å². The zero-order chi connectivity index (χ0) is 16.6. The van der Waals surface area contributed by atoms with Crippen LogP contribution in [-0.4, -0.2) is 51.8 Å². The SMILES string of the molecule is Cc1nc2c(c(=O)[nH]1)CCN(C(=O)C[C@@H]1NC(=O)NC1=O)CC2. The Hall–Kier alpha value is -2.71. The normalized spacial score (nSPS) is 20.6. The fourth-order valence-corrected chi connectivity index (χ4v) is 2.89. The van der Waals surface area contributed by atoms with Crippen molar-refractivity contribution in [1.29, 1.82) is 0 Å². The Balaban J connectivity index is 1.68. The zero-order valence-corrected chi connectivity index (χ0v) is 12.6. The Morgan fingerprint density at radius 1 is 1.26 bits per heavy atom. The number of nitrogens with zero attached hydrogens (tertiary/aromatic N) is 2. The van der Waals surface area contributed by atoms with Crippen LogP contribution in [0.2, 0.25) is 0 Å². The molecule has 122 valence electrons. The molecular formula is C14H17N5O4. The number of urea groups is 1. The number of carbonyl (C=O) groups is 3. The second-order valence-electron chi connectivity index (χ2n) is 5.68. The van der Waals surface area contributed by atoms with E-state index < -0.39 is 18.0 Å². The number of aromatic amines is 1. The van der Waals surface area contributed by atoms with E-state index in [1.54, 1.807) is 11.8 Å². The van der Waals surface area contributed by atoms with E-state index >= 15 is 0 Å². The number of hydrogen-bond donors (Lipinski definition) is 3. The van der Waals surface area contributed by atoms with E-state index in [1.807, 2.05) is 0 Å². The highest BCUT2D eigenvalue weighted by Gasteiger charge is 2.33. The topological polar surface area (TPSA) is 124 Å². The van der Waals surface area contributed by atoms with Crippen molar-refractivity contribution in [2.45, 2.75) is 32.2 Å². The third kappa shape index (κ3) is 3.08. The van der Waals surface area contributed by atoms with Gasteiger partial charge in [0.05, 0.1) is 12.1 Å². The van der Waals surface area contributed by atoms with Crippen molar-refractivity contribution in [2.75, 3.05) is 13.1 Å². The first kappa shape index (κ1) is 15.2. The van der Waals surface area contributed by atoms with E-state index in [1.165, 1.54) is 0 Å². The zero-order valence-electron chi connectivity index (χ0n) is 12.6. The van der Waals surface area contributed by atoms with Gasteiger partial charge >= 0.3 is 6.03 Å². The summed E-state index contributed by atoms with van der Waals surface area (Å²) < 4.78 is 0. The van der Waals surface area contributed by atoms with Gasteiger partial charge in [-0.25, -0.2) is 9.78 Å².